The minimum absolute atomic E-state index is 0.0788. The smallest absolute Gasteiger partial charge is 0.291 e. The van der Waals surface area contributed by atoms with E-state index in [1.807, 2.05) is 62.4 Å². The van der Waals surface area contributed by atoms with Crippen molar-refractivity contribution in [3.63, 3.8) is 0 Å². The van der Waals surface area contributed by atoms with Gasteiger partial charge in [-0.25, -0.2) is 0 Å². The summed E-state index contributed by atoms with van der Waals surface area (Å²) < 4.78 is 11.2. The zero-order chi connectivity index (χ0) is 23.4. The van der Waals surface area contributed by atoms with Crippen molar-refractivity contribution in [3.8, 4) is 5.75 Å². The molecular formula is C26H31N3O4. The van der Waals surface area contributed by atoms with Crippen molar-refractivity contribution >= 4 is 34.2 Å². The van der Waals surface area contributed by atoms with Gasteiger partial charge in [0.05, 0.1) is 7.11 Å². The van der Waals surface area contributed by atoms with E-state index in [1.165, 1.54) is 0 Å². The zero-order valence-corrected chi connectivity index (χ0v) is 19.5. The lowest BCUT2D eigenvalue weighted by molar-refractivity contribution is -0.120. The third-order valence-corrected chi connectivity index (χ3v) is 6.40. The van der Waals surface area contributed by atoms with Crippen LogP contribution in [0.15, 0.2) is 52.9 Å². The molecule has 0 unspecified atom stereocenters. The van der Waals surface area contributed by atoms with Crippen molar-refractivity contribution in [2.75, 3.05) is 43.5 Å². The van der Waals surface area contributed by atoms with Gasteiger partial charge in [-0.15, -0.1) is 0 Å². The Kier molecular flexibility index (Phi) is 6.87. The average molecular weight is 450 g/mol. The molecule has 33 heavy (non-hydrogen) atoms. The van der Waals surface area contributed by atoms with Crippen LogP contribution in [0, 0.1) is 5.92 Å². The number of para-hydroxylation sites is 1. The van der Waals surface area contributed by atoms with Gasteiger partial charge < -0.3 is 24.3 Å². The van der Waals surface area contributed by atoms with Gasteiger partial charge in [-0.1, -0.05) is 26.0 Å². The molecule has 0 saturated carbocycles. The molecule has 1 aliphatic rings. The first-order valence-corrected chi connectivity index (χ1v) is 11.6. The number of furan rings is 1. The Labute approximate surface area is 194 Å². The molecule has 1 aromatic heterocycles. The van der Waals surface area contributed by atoms with Crippen molar-refractivity contribution in [3.05, 3.63) is 54.3 Å². The van der Waals surface area contributed by atoms with Gasteiger partial charge in [0, 0.05) is 43.2 Å². The number of ether oxygens (including phenoxy) is 1. The number of fused-ring (bicyclic) bond motifs is 1. The highest BCUT2D eigenvalue weighted by Gasteiger charge is 2.29. The van der Waals surface area contributed by atoms with E-state index in [0.29, 0.717) is 37.4 Å². The molecule has 1 saturated heterocycles. The standard InChI is InChI=1S/C26H31N3O4/c1-4-18(5-2)25(30)27-23-21-8-6-7-9-22(21)33-24(23)26(31)29-16-14-28(15-17-29)19-10-12-20(32-3)13-11-19/h6-13,18H,4-5,14-17H2,1-3H3,(H,27,30). The fourth-order valence-electron chi connectivity index (χ4n) is 4.31. The number of nitrogens with zero attached hydrogens (tertiary/aromatic N) is 2. The fraction of sp³-hybridized carbons (Fsp3) is 0.385. The molecule has 1 aliphatic heterocycles. The van der Waals surface area contributed by atoms with Crippen LogP contribution in [0.25, 0.3) is 11.0 Å². The Morgan fingerprint density at radius 1 is 1.00 bits per heavy atom. The first-order valence-electron chi connectivity index (χ1n) is 11.6. The number of hydrogen-bond donors (Lipinski definition) is 1. The maximum Gasteiger partial charge on any atom is 0.291 e. The number of amides is 2. The summed E-state index contributed by atoms with van der Waals surface area (Å²) in [6.45, 7) is 6.57. The second-order valence-corrected chi connectivity index (χ2v) is 8.28. The normalized spacial score (nSPS) is 14.1. The fourth-order valence-corrected chi connectivity index (χ4v) is 4.31. The quantitative estimate of drug-likeness (QED) is 0.562. The molecule has 2 amide bonds. The second kappa shape index (κ2) is 9.98. The van der Waals surface area contributed by atoms with Gasteiger partial charge in [0.1, 0.15) is 17.0 Å². The first-order chi connectivity index (χ1) is 16.0. The number of rotatable bonds is 7. The predicted molar refractivity (Wildman–Crippen MR) is 130 cm³/mol. The van der Waals surface area contributed by atoms with E-state index >= 15 is 0 Å². The summed E-state index contributed by atoms with van der Waals surface area (Å²) in [5.74, 6) is 0.647. The second-order valence-electron chi connectivity index (χ2n) is 8.28. The Hall–Kier alpha value is -3.48. The molecule has 7 heteroatoms. The van der Waals surface area contributed by atoms with E-state index in [4.69, 9.17) is 9.15 Å². The van der Waals surface area contributed by atoms with Crippen molar-refractivity contribution in [1.82, 2.24) is 4.90 Å². The maximum atomic E-state index is 13.5. The summed E-state index contributed by atoms with van der Waals surface area (Å²) in [5.41, 5.74) is 2.17. The molecule has 0 aliphatic carbocycles. The van der Waals surface area contributed by atoms with E-state index < -0.39 is 0 Å². The van der Waals surface area contributed by atoms with Crippen LogP contribution in [0.3, 0.4) is 0 Å². The number of benzene rings is 2. The minimum Gasteiger partial charge on any atom is -0.497 e. The monoisotopic (exact) mass is 449 g/mol. The number of hydrogen-bond acceptors (Lipinski definition) is 5. The van der Waals surface area contributed by atoms with Crippen LogP contribution >= 0.6 is 0 Å². The summed E-state index contributed by atoms with van der Waals surface area (Å²) in [6.07, 6.45) is 1.49. The molecule has 7 nitrogen and oxygen atoms in total. The van der Waals surface area contributed by atoms with Gasteiger partial charge in [-0.05, 0) is 49.2 Å². The van der Waals surface area contributed by atoms with Gasteiger partial charge in [-0.3, -0.25) is 9.59 Å². The summed E-state index contributed by atoms with van der Waals surface area (Å²) in [6, 6.07) is 15.4. The van der Waals surface area contributed by atoms with Gasteiger partial charge in [0.15, 0.2) is 0 Å². The van der Waals surface area contributed by atoms with Crippen LogP contribution in [0.4, 0.5) is 11.4 Å². The topological polar surface area (TPSA) is 75.0 Å². The lowest BCUT2D eigenvalue weighted by Gasteiger charge is -2.35. The molecule has 1 fully saturated rings. The van der Waals surface area contributed by atoms with Crippen LogP contribution in [-0.2, 0) is 4.79 Å². The Morgan fingerprint density at radius 3 is 2.30 bits per heavy atom. The van der Waals surface area contributed by atoms with E-state index in [2.05, 4.69) is 10.2 Å². The van der Waals surface area contributed by atoms with E-state index in [1.54, 1.807) is 12.0 Å². The van der Waals surface area contributed by atoms with Crippen LogP contribution in [0.5, 0.6) is 5.75 Å². The van der Waals surface area contributed by atoms with E-state index in [9.17, 15) is 9.59 Å². The zero-order valence-electron chi connectivity index (χ0n) is 19.5. The van der Waals surface area contributed by atoms with Crippen molar-refractivity contribution < 1.29 is 18.7 Å². The number of nitrogens with one attached hydrogen (secondary N) is 1. The third-order valence-electron chi connectivity index (χ3n) is 6.40. The Balaban J connectivity index is 1.52. The SMILES string of the molecule is CCC(CC)C(=O)Nc1c(C(=O)N2CCN(c3ccc(OC)cc3)CC2)oc2ccccc12. The third kappa shape index (κ3) is 4.67. The average Bonchev–Trinajstić information content (AvgIpc) is 3.23. The Bertz CT molecular complexity index is 1110. The lowest BCUT2D eigenvalue weighted by Crippen LogP contribution is -2.48. The van der Waals surface area contributed by atoms with Crippen LogP contribution < -0.4 is 15.0 Å². The number of carbonyl (C=O) groups excluding carboxylic acids is 2. The van der Waals surface area contributed by atoms with Gasteiger partial charge >= 0.3 is 0 Å². The highest BCUT2D eigenvalue weighted by atomic mass is 16.5. The summed E-state index contributed by atoms with van der Waals surface area (Å²) in [7, 11) is 1.65. The highest BCUT2D eigenvalue weighted by molar-refractivity contribution is 6.11. The van der Waals surface area contributed by atoms with Crippen LogP contribution in [0.1, 0.15) is 37.2 Å². The van der Waals surface area contributed by atoms with E-state index in [0.717, 1.165) is 29.7 Å². The molecule has 0 radical (unpaired) electrons. The Morgan fingerprint density at radius 2 is 1.67 bits per heavy atom. The molecular weight excluding hydrogens is 418 g/mol. The number of carbonyl (C=O) groups is 2. The highest BCUT2D eigenvalue weighted by Crippen LogP contribution is 2.33. The maximum absolute atomic E-state index is 13.5. The largest absolute Gasteiger partial charge is 0.497 e. The molecule has 2 heterocycles. The summed E-state index contributed by atoms with van der Waals surface area (Å²) >= 11 is 0. The van der Waals surface area contributed by atoms with Crippen molar-refractivity contribution in [1.29, 1.82) is 0 Å². The van der Waals surface area contributed by atoms with E-state index in [-0.39, 0.29) is 23.5 Å². The molecule has 1 N–H and O–H groups in total. The van der Waals surface area contributed by atoms with Gasteiger partial charge in [-0.2, -0.15) is 0 Å². The van der Waals surface area contributed by atoms with Crippen LogP contribution in [-0.4, -0.2) is 50.0 Å². The summed E-state index contributed by atoms with van der Waals surface area (Å²) in [5, 5.41) is 3.75. The molecule has 0 bridgehead atoms. The van der Waals surface area contributed by atoms with Crippen molar-refractivity contribution in [2.24, 2.45) is 5.92 Å². The first kappa shape index (κ1) is 22.7. The molecule has 3 aromatic rings. The van der Waals surface area contributed by atoms with Crippen molar-refractivity contribution in [2.45, 2.75) is 26.7 Å². The molecule has 4 rings (SSSR count). The molecule has 0 atom stereocenters. The molecule has 0 spiro atoms. The summed E-state index contributed by atoms with van der Waals surface area (Å²) in [4.78, 5) is 30.3. The predicted octanol–water partition coefficient (Wildman–Crippen LogP) is 4.78. The number of methoxy groups -OCH3 is 1. The molecule has 2 aromatic carbocycles. The van der Waals surface area contributed by atoms with Gasteiger partial charge in [0.2, 0.25) is 11.7 Å². The minimum atomic E-state index is -0.194. The lowest BCUT2D eigenvalue weighted by atomic mass is 10.0. The number of anilines is 2. The van der Waals surface area contributed by atoms with Crippen LogP contribution in [0.2, 0.25) is 0 Å². The number of piperazine rings is 1. The molecule has 174 valence electrons. The van der Waals surface area contributed by atoms with Gasteiger partial charge in [0.25, 0.3) is 5.91 Å².